The summed E-state index contributed by atoms with van der Waals surface area (Å²) in [5.41, 5.74) is 0.619. The van der Waals surface area contributed by atoms with E-state index in [0.29, 0.717) is 49.8 Å². The van der Waals surface area contributed by atoms with Gasteiger partial charge < -0.3 is 14.6 Å². The molecule has 29 heavy (non-hydrogen) atoms. The van der Waals surface area contributed by atoms with Crippen molar-refractivity contribution in [3.8, 4) is 11.4 Å². The molecule has 11 heteroatoms. The number of aromatic nitrogens is 2. The molecule has 2 fully saturated rings. The van der Waals surface area contributed by atoms with Crippen molar-refractivity contribution in [3.63, 3.8) is 0 Å². The van der Waals surface area contributed by atoms with Crippen molar-refractivity contribution < 1.29 is 22.5 Å². The van der Waals surface area contributed by atoms with E-state index in [1.54, 1.807) is 18.4 Å². The van der Waals surface area contributed by atoms with E-state index < -0.39 is 10.0 Å². The van der Waals surface area contributed by atoms with Gasteiger partial charge in [0.05, 0.1) is 6.10 Å². The molecule has 4 heterocycles. The smallest absolute Gasteiger partial charge is 0.252 e. The van der Waals surface area contributed by atoms with E-state index in [-0.39, 0.29) is 22.1 Å². The van der Waals surface area contributed by atoms with Crippen molar-refractivity contribution in [2.45, 2.75) is 42.9 Å². The predicted molar refractivity (Wildman–Crippen MR) is 106 cm³/mol. The standard InChI is InChI=1S/C18H24N4O5S2/c1-12-20-17(21-27-12)14-9-16(28-11-14)29(24,25)22-6-4-13(5-7-22)18(23)19-10-15-3-2-8-26-15/h9,11,13,15H,2-8,10H2,1H3,(H,19,23). The van der Waals surface area contributed by atoms with Crippen LogP contribution >= 0.6 is 11.3 Å². The monoisotopic (exact) mass is 440 g/mol. The van der Waals surface area contributed by atoms with Gasteiger partial charge in [0.15, 0.2) is 0 Å². The Bertz CT molecular complexity index is 957. The Labute approximate surface area is 173 Å². The minimum atomic E-state index is -3.60. The Morgan fingerprint density at radius 1 is 1.34 bits per heavy atom. The van der Waals surface area contributed by atoms with Crippen LogP contribution in [0, 0.1) is 12.8 Å². The van der Waals surface area contributed by atoms with E-state index in [1.807, 2.05) is 0 Å². The number of carbonyl (C=O) groups is 1. The van der Waals surface area contributed by atoms with E-state index >= 15 is 0 Å². The molecule has 0 saturated carbocycles. The summed E-state index contributed by atoms with van der Waals surface area (Å²) in [7, 11) is -3.60. The molecule has 2 aliphatic rings. The molecule has 9 nitrogen and oxygen atoms in total. The summed E-state index contributed by atoms with van der Waals surface area (Å²) in [4.78, 5) is 16.5. The van der Waals surface area contributed by atoms with Crippen LogP contribution < -0.4 is 5.32 Å². The van der Waals surface area contributed by atoms with Crippen LogP contribution in [-0.4, -0.2) is 61.1 Å². The lowest BCUT2D eigenvalue weighted by Gasteiger charge is -2.30. The molecule has 1 atom stereocenters. The van der Waals surface area contributed by atoms with Gasteiger partial charge in [-0.2, -0.15) is 9.29 Å². The molecule has 0 spiro atoms. The number of thiophene rings is 1. The molecule has 2 aromatic heterocycles. The van der Waals surface area contributed by atoms with Crippen molar-refractivity contribution in [2.75, 3.05) is 26.2 Å². The summed E-state index contributed by atoms with van der Waals surface area (Å²) < 4.78 is 38.1. The first-order chi connectivity index (χ1) is 13.9. The lowest BCUT2D eigenvalue weighted by atomic mass is 9.97. The topological polar surface area (TPSA) is 115 Å². The summed E-state index contributed by atoms with van der Waals surface area (Å²) in [5.74, 6) is 0.629. The molecular weight excluding hydrogens is 416 g/mol. The van der Waals surface area contributed by atoms with Gasteiger partial charge in [0.2, 0.25) is 17.6 Å². The van der Waals surface area contributed by atoms with Crippen molar-refractivity contribution in [1.82, 2.24) is 19.8 Å². The number of nitrogens with zero attached hydrogens (tertiary/aromatic N) is 3. The molecule has 0 bridgehead atoms. The van der Waals surface area contributed by atoms with Gasteiger partial charge >= 0.3 is 0 Å². The third kappa shape index (κ3) is 4.52. The Hall–Kier alpha value is -1.82. The van der Waals surface area contributed by atoms with E-state index in [9.17, 15) is 13.2 Å². The van der Waals surface area contributed by atoms with Crippen molar-refractivity contribution in [2.24, 2.45) is 5.92 Å². The SMILES string of the molecule is Cc1nc(-c2csc(S(=O)(=O)N3CCC(C(=O)NCC4CCCO4)CC3)c2)no1. The Morgan fingerprint density at radius 3 is 2.79 bits per heavy atom. The molecule has 0 aliphatic carbocycles. The number of rotatable bonds is 6. The zero-order chi connectivity index (χ0) is 20.4. The fourth-order valence-corrected chi connectivity index (χ4v) is 6.42. The van der Waals surface area contributed by atoms with Gasteiger partial charge in [0.25, 0.3) is 10.0 Å². The minimum Gasteiger partial charge on any atom is -0.376 e. The van der Waals surface area contributed by atoms with Crippen LogP contribution in [-0.2, 0) is 19.6 Å². The normalized spacial score (nSPS) is 21.5. The van der Waals surface area contributed by atoms with E-state index in [4.69, 9.17) is 9.26 Å². The van der Waals surface area contributed by atoms with Gasteiger partial charge in [-0.15, -0.1) is 11.3 Å². The summed E-state index contributed by atoms with van der Waals surface area (Å²) in [6.07, 6.45) is 3.14. The third-order valence-corrected chi connectivity index (χ3v) is 8.62. The van der Waals surface area contributed by atoms with Gasteiger partial charge in [-0.25, -0.2) is 8.42 Å². The molecule has 1 unspecified atom stereocenters. The number of amides is 1. The average Bonchev–Trinajstić information content (AvgIpc) is 3.47. The Balaban J connectivity index is 1.33. The van der Waals surface area contributed by atoms with Crippen molar-refractivity contribution in [1.29, 1.82) is 0 Å². The number of piperidine rings is 1. The molecule has 4 rings (SSSR count). The number of sulfonamides is 1. The second kappa shape index (κ2) is 8.50. The quantitative estimate of drug-likeness (QED) is 0.728. The average molecular weight is 441 g/mol. The van der Waals surface area contributed by atoms with Gasteiger partial charge in [-0.1, -0.05) is 5.16 Å². The van der Waals surface area contributed by atoms with Crippen LogP contribution in [0.1, 0.15) is 31.6 Å². The fourth-order valence-electron chi connectivity index (χ4n) is 3.64. The molecular formula is C18H24N4O5S2. The molecule has 1 N–H and O–H groups in total. The van der Waals surface area contributed by atoms with Crippen molar-refractivity contribution >= 4 is 27.3 Å². The summed E-state index contributed by atoms with van der Waals surface area (Å²) in [5, 5.41) is 8.49. The number of carbonyl (C=O) groups excluding carboxylic acids is 1. The van der Waals surface area contributed by atoms with Gasteiger partial charge in [0.1, 0.15) is 4.21 Å². The number of hydrogen-bond acceptors (Lipinski definition) is 8. The lowest BCUT2D eigenvalue weighted by molar-refractivity contribution is -0.126. The highest BCUT2D eigenvalue weighted by molar-refractivity contribution is 7.91. The maximum Gasteiger partial charge on any atom is 0.252 e. The maximum atomic E-state index is 13.0. The van der Waals surface area contributed by atoms with Crippen molar-refractivity contribution in [3.05, 3.63) is 17.3 Å². The number of nitrogens with one attached hydrogen (secondary N) is 1. The van der Waals surface area contributed by atoms with Gasteiger partial charge in [0, 0.05) is 50.0 Å². The van der Waals surface area contributed by atoms with Crippen LogP contribution in [0.3, 0.4) is 0 Å². The van der Waals surface area contributed by atoms with Crippen LogP contribution in [0.25, 0.3) is 11.4 Å². The molecule has 158 valence electrons. The van der Waals surface area contributed by atoms with Crippen LogP contribution in [0.4, 0.5) is 0 Å². The Morgan fingerprint density at radius 2 is 2.14 bits per heavy atom. The summed E-state index contributed by atoms with van der Waals surface area (Å²) >= 11 is 1.14. The van der Waals surface area contributed by atoms with Crippen LogP contribution in [0.5, 0.6) is 0 Å². The number of hydrogen-bond donors (Lipinski definition) is 1. The predicted octanol–water partition coefficient (Wildman–Crippen LogP) is 1.80. The zero-order valence-electron chi connectivity index (χ0n) is 16.2. The molecule has 2 aliphatic heterocycles. The van der Waals surface area contributed by atoms with E-state index in [2.05, 4.69) is 15.5 Å². The highest BCUT2D eigenvalue weighted by Gasteiger charge is 2.33. The molecule has 1 amide bonds. The molecule has 0 radical (unpaired) electrons. The highest BCUT2D eigenvalue weighted by Crippen LogP contribution is 2.31. The first-order valence-corrected chi connectivity index (χ1v) is 12.0. The first-order valence-electron chi connectivity index (χ1n) is 9.72. The second-order valence-electron chi connectivity index (χ2n) is 7.35. The second-order valence-corrected chi connectivity index (χ2v) is 10.4. The van der Waals surface area contributed by atoms with Gasteiger partial charge in [-0.05, 0) is 31.7 Å². The summed E-state index contributed by atoms with van der Waals surface area (Å²) in [6, 6.07) is 1.57. The Kier molecular flexibility index (Phi) is 6.00. The lowest BCUT2D eigenvalue weighted by Crippen LogP contribution is -2.44. The fraction of sp³-hybridized carbons (Fsp3) is 0.611. The third-order valence-electron chi connectivity index (χ3n) is 5.31. The van der Waals surface area contributed by atoms with Crippen LogP contribution in [0.15, 0.2) is 20.2 Å². The van der Waals surface area contributed by atoms with E-state index in [0.717, 1.165) is 30.8 Å². The molecule has 2 aromatic rings. The minimum absolute atomic E-state index is 0.0107. The summed E-state index contributed by atoms with van der Waals surface area (Å²) in [6.45, 7) is 3.63. The zero-order valence-corrected chi connectivity index (χ0v) is 17.8. The van der Waals surface area contributed by atoms with Gasteiger partial charge in [-0.3, -0.25) is 4.79 Å². The number of aryl methyl sites for hydroxylation is 1. The first kappa shape index (κ1) is 20.5. The highest BCUT2D eigenvalue weighted by atomic mass is 32.2. The number of ether oxygens (including phenoxy) is 1. The molecule has 2 saturated heterocycles. The van der Waals surface area contributed by atoms with E-state index in [1.165, 1.54) is 4.31 Å². The molecule has 0 aromatic carbocycles. The van der Waals surface area contributed by atoms with Crippen LogP contribution in [0.2, 0.25) is 0 Å². The largest absolute Gasteiger partial charge is 0.376 e. The maximum absolute atomic E-state index is 13.0.